The van der Waals surface area contributed by atoms with E-state index in [0.29, 0.717) is 30.4 Å². The number of anilines is 2. The minimum atomic E-state index is -0.288. The number of nitrogens with zero attached hydrogens (tertiary/aromatic N) is 3. The van der Waals surface area contributed by atoms with Gasteiger partial charge in [0, 0.05) is 43.1 Å². The standard InChI is InChI=1S/C24H25N5O3S/c30-22(23-28-10-11-33-23)20-15-26-9-7-21(20)32-19-5-3-17(4-6-19)29(18-2-1-8-25-14-18)24(31)16-12-27-13-16/h1-6,8,10-11,14,16,20-21,26-27H,7,9,12-13,15H2. The fourth-order valence-electron chi connectivity index (χ4n) is 4.12. The zero-order chi connectivity index (χ0) is 22.6. The smallest absolute Gasteiger partial charge is 0.237 e. The quantitative estimate of drug-likeness (QED) is 0.520. The normalized spacial score (nSPS) is 20.6. The highest BCUT2D eigenvalue weighted by atomic mass is 32.1. The van der Waals surface area contributed by atoms with Crippen molar-refractivity contribution in [3.63, 3.8) is 0 Å². The molecule has 0 aliphatic carbocycles. The lowest BCUT2D eigenvalue weighted by Crippen LogP contribution is -2.51. The van der Waals surface area contributed by atoms with Gasteiger partial charge in [-0.2, -0.15) is 0 Å². The molecule has 2 unspecified atom stereocenters. The van der Waals surface area contributed by atoms with E-state index < -0.39 is 0 Å². The molecule has 0 bridgehead atoms. The second kappa shape index (κ2) is 9.78. The minimum absolute atomic E-state index is 0.0151. The number of ether oxygens (including phenoxy) is 1. The van der Waals surface area contributed by atoms with Crippen molar-refractivity contribution in [1.29, 1.82) is 0 Å². The lowest BCUT2D eigenvalue weighted by molar-refractivity contribution is -0.123. The number of hydrogen-bond acceptors (Lipinski definition) is 8. The highest BCUT2D eigenvalue weighted by Crippen LogP contribution is 2.31. The Hall–Kier alpha value is -3.14. The van der Waals surface area contributed by atoms with E-state index in [1.165, 1.54) is 11.3 Å². The predicted molar refractivity (Wildman–Crippen MR) is 126 cm³/mol. The van der Waals surface area contributed by atoms with E-state index in [4.69, 9.17) is 4.74 Å². The van der Waals surface area contributed by atoms with Crippen molar-refractivity contribution in [1.82, 2.24) is 20.6 Å². The second-order valence-corrected chi connectivity index (χ2v) is 9.09. The molecule has 1 aromatic carbocycles. The van der Waals surface area contributed by atoms with Gasteiger partial charge in [-0.05, 0) is 49.4 Å². The van der Waals surface area contributed by atoms with E-state index in [9.17, 15) is 9.59 Å². The highest BCUT2D eigenvalue weighted by molar-refractivity contribution is 7.11. The number of carbonyl (C=O) groups excluding carboxylic acids is 2. The first-order valence-electron chi connectivity index (χ1n) is 11.1. The molecule has 2 saturated heterocycles. The van der Waals surface area contributed by atoms with Crippen LogP contribution in [-0.2, 0) is 4.79 Å². The van der Waals surface area contributed by atoms with Gasteiger partial charge in [-0.15, -0.1) is 11.3 Å². The van der Waals surface area contributed by atoms with Gasteiger partial charge < -0.3 is 15.4 Å². The van der Waals surface area contributed by atoms with Crippen LogP contribution in [0.15, 0.2) is 60.4 Å². The summed E-state index contributed by atoms with van der Waals surface area (Å²) < 4.78 is 6.26. The number of benzene rings is 1. The number of rotatable bonds is 7. The summed E-state index contributed by atoms with van der Waals surface area (Å²) in [6.45, 7) is 2.73. The molecule has 3 aromatic rings. The molecular formula is C24H25N5O3S. The average Bonchev–Trinajstić information content (AvgIpc) is 3.35. The Morgan fingerprint density at radius 2 is 1.88 bits per heavy atom. The molecule has 2 aliphatic heterocycles. The lowest BCUT2D eigenvalue weighted by Gasteiger charge is -2.33. The van der Waals surface area contributed by atoms with Crippen molar-refractivity contribution in [3.8, 4) is 5.75 Å². The van der Waals surface area contributed by atoms with Crippen LogP contribution in [0.25, 0.3) is 0 Å². The number of hydrogen-bond donors (Lipinski definition) is 2. The van der Waals surface area contributed by atoms with Gasteiger partial charge in [0.15, 0.2) is 10.8 Å². The number of Topliss-reactive ketones (excluding diaryl/α,β-unsaturated/α-hetero) is 1. The van der Waals surface area contributed by atoms with Gasteiger partial charge in [0.05, 0.1) is 23.7 Å². The molecule has 0 radical (unpaired) electrons. The fourth-order valence-corrected chi connectivity index (χ4v) is 4.76. The molecule has 0 spiro atoms. The van der Waals surface area contributed by atoms with E-state index in [2.05, 4.69) is 20.6 Å². The van der Waals surface area contributed by atoms with E-state index >= 15 is 0 Å². The Morgan fingerprint density at radius 1 is 1.03 bits per heavy atom. The highest BCUT2D eigenvalue weighted by Gasteiger charge is 2.35. The van der Waals surface area contributed by atoms with Gasteiger partial charge in [-0.25, -0.2) is 4.98 Å². The largest absolute Gasteiger partial charge is 0.490 e. The summed E-state index contributed by atoms with van der Waals surface area (Å²) >= 11 is 1.36. The van der Waals surface area contributed by atoms with Crippen molar-refractivity contribution < 1.29 is 14.3 Å². The summed E-state index contributed by atoms with van der Waals surface area (Å²) in [6, 6.07) is 11.2. The fraction of sp³-hybridized carbons (Fsp3) is 0.333. The second-order valence-electron chi connectivity index (χ2n) is 8.19. The zero-order valence-corrected chi connectivity index (χ0v) is 18.8. The van der Waals surface area contributed by atoms with Crippen LogP contribution in [0.5, 0.6) is 5.75 Å². The Kier molecular flexibility index (Phi) is 6.43. The molecule has 33 heavy (non-hydrogen) atoms. The maximum absolute atomic E-state index is 13.1. The topological polar surface area (TPSA) is 96.5 Å². The predicted octanol–water partition coefficient (Wildman–Crippen LogP) is 2.66. The molecule has 170 valence electrons. The van der Waals surface area contributed by atoms with Gasteiger partial charge in [-0.3, -0.25) is 19.5 Å². The average molecular weight is 464 g/mol. The zero-order valence-electron chi connectivity index (χ0n) is 18.0. The summed E-state index contributed by atoms with van der Waals surface area (Å²) in [5.74, 6) is 0.397. The first kappa shape index (κ1) is 21.7. The lowest BCUT2D eigenvalue weighted by atomic mass is 9.92. The Morgan fingerprint density at radius 3 is 2.55 bits per heavy atom. The van der Waals surface area contributed by atoms with E-state index in [1.54, 1.807) is 23.5 Å². The number of piperidine rings is 1. The molecule has 2 fully saturated rings. The van der Waals surface area contributed by atoms with Gasteiger partial charge in [0.1, 0.15) is 11.9 Å². The molecule has 9 heteroatoms. The van der Waals surface area contributed by atoms with Crippen LogP contribution in [0.2, 0.25) is 0 Å². The summed E-state index contributed by atoms with van der Waals surface area (Å²) in [7, 11) is 0. The number of carbonyl (C=O) groups is 2. The Bertz CT molecular complexity index is 1090. The first-order valence-corrected chi connectivity index (χ1v) is 11.9. The molecular weight excluding hydrogens is 438 g/mol. The third-order valence-corrected chi connectivity index (χ3v) is 6.82. The third-order valence-electron chi connectivity index (χ3n) is 6.04. The molecule has 2 aliphatic rings. The van der Waals surface area contributed by atoms with E-state index in [1.807, 2.05) is 41.8 Å². The number of amides is 1. The van der Waals surface area contributed by atoms with Gasteiger partial charge >= 0.3 is 0 Å². The van der Waals surface area contributed by atoms with Crippen LogP contribution in [-0.4, -0.2) is 53.9 Å². The van der Waals surface area contributed by atoms with Gasteiger partial charge in [0.2, 0.25) is 5.91 Å². The van der Waals surface area contributed by atoms with Crippen LogP contribution in [0.3, 0.4) is 0 Å². The number of nitrogens with one attached hydrogen (secondary N) is 2. The third kappa shape index (κ3) is 4.66. The van der Waals surface area contributed by atoms with Crippen molar-refractivity contribution >= 4 is 34.4 Å². The molecule has 5 rings (SSSR count). The maximum atomic E-state index is 13.1. The summed E-state index contributed by atoms with van der Waals surface area (Å²) in [5, 5.41) is 8.78. The first-order chi connectivity index (χ1) is 16.2. The molecule has 2 aromatic heterocycles. The number of pyridine rings is 1. The van der Waals surface area contributed by atoms with Crippen LogP contribution in [0, 0.1) is 11.8 Å². The van der Waals surface area contributed by atoms with E-state index in [-0.39, 0.29) is 29.6 Å². The van der Waals surface area contributed by atoms with Crippen LogP contribution in [0.1, 0.15) is 16.2 Å². The Labute approximate surface area is 196 Å². The molecule has 8 nitrogen and oxygen atoms in total. The minimum Gasteiger partial charge on any atom is -0.490 e. The number of aromatic nitrogens is 2. The van der Waals surface area contributed by atoms with E-state index in [0.717, 1.165) is 24.3 Å². The SMILES string of the molecule is O=C(c1nccs1)C1CNCCC1Oc1ccc(N(C(=O)C2CNC2)c2cccnc2)cc1. The molecule has 4 heterocycles. The monoisotopic (exact) mass is 463 g/mol. The van der Waals surface area contributed by atoms with Gasteiger partial charge in [0.25, 0.3) is 0 Å². The maximum Gasteiger partial charge on any atom is 0.237 e. The summed E-state index contributed by atoms with van der Waals surface area (Å²) in [6.07, 6.45) is 5.54. The summed E-state index contributed by atoms with van der Waals surface area (Å²) in [4.78, 5) is 36.1. The van der Waals surface area contributed by atoms with Crippen LogP contribution >= 0.6 is 11.3 Å². The molecule has 2 N–H and O–H groups in total. The van der Waals surface area contributed by atoms with Crippen molar-refractivity contribution in [2.75, 3.05) is 31.1 Å². The van der Waals surface area contributed by atoms with Crippen molar-refractivity contribution in [2.45, 2.75) is 12.5 Å². The van der Waals surface area contributed by atoms with Crippen LogP contribution < -0.4 is 20.3 Å². The van der Waals surface area contributed by atoms with Gasteiger partial charge in [-0.1, -0.05) is 0 Å². The number of thiazole rings is 1. The van der Waals surface area contributed by atoms with Crippen LogP contribution in [0.4, 0.5) is 11.4 Å². The van der Waals surface area contributed by atoms with Crippen molar-refractivity contribution in [2.24, 2.45) is 11.8 Å². The summed E-state index contributed by atoms with van der Waals surface area (Å²) in [5.41, 5.74) is 1.49. The van der Waals surface area contributed by atoms with Crippen molar-refractivity contribution in [3.05, 3.63) is 65.4 Å². The molecule has 2 atom stereocenters. The molecule has 1 amide bonds. The molecule has 0 saturated carbocycles. The Balaban J connectivity index is 1.34. The number of ketones is 1.